The van der Waals surface area contributed by atoms with Gasteiger partial charge >= 0.3 is 0 Å². The van der Waals surface area contributed by atoms with Gasteiger partial charge in [-0.05, 0) is 11.8 Å². The number of anilines is 1. The predicted octanol–water partition coefficient (Wildman–Crippen LogP) is 3.17. The van der Waals surface area contributed by atoms with Crippen LogP contribution in [0.2, 0.25) is 0 Å². The molecular weight excluding hydrogens is 260 g/mol. The van der Waals surface area contributed by atoms with Crippen LogP contribution >= 0.6 is 27.3 Å². The van der Waals surface area contributed by atoms with Crippen LogP contribution in [0.15, 0.2) is 6.20 Å². The average molecular weight is 277 g/mol. The summed E-state index contributed by atoms with van der Waals surface area (Å²) in [5.41, 5.74) is 0.316. The van der Waals surface area contributed by atoms with E-state index in [0.717, 1.165) is 16.9 Å². The Morgan fingerprint density at radius 2 is 2.14 bits per heavy atom. The highest BCUT2D eigenvalue weighted by molar-refractivity contribution is 9.09. The molecular formula is C10H17BrN2S. The van der Waals surface area contributed by atoms with Gasteiger partial charge in [-0.15, -0.1) is 11.3 Å². The van der Waals surface area contributed by atoms with Crippen LogP contribution < -0.4 is 4.90 Å². The zero-order valence-electron chi connectivity index (χ0n) is 9.17. The van der Waals surface area contributed by atoms with Gasteiger partial charge in [0.2, 0.25) is 0 Å². The first-order valence-corrected chi connectivity index (χ1v) is 6.56. The van der Waals surface area contributed by atoms with Crippen LogP contribution in [0, 0.1) is 5.41 Å². The Balaban J connectivity index is 2.69. The van der Waals surface area contributed by atoms with Gasteiger partial charge in [0.05, 0.1) is 0 Å². The third-order valence-electron chi connectivity index (χ3n) is 1.94. The van der Waals surface area contributed by atoms with Gasteiger partial charge in [-0.2, -0.15) is 0 Å². The number of rotatable bonds is 4. The van der Waals surface area contributed by atoms with E-state index in [0.29, 0.717) is 5.41 Å². The van der Waals surface area contributed by atoms with Gasteiger partial charge in [0.15, 0.2) is 5.13 Å². The summed E-state index contributed by atoms with van der Waals surface area (Å²) in [6.45, 7) is 4.52. The summed E-state index contributed by atoms with van der Waals surface area (Å²) >= 11 is 5.32. The maximum absolute atomic E-state index is 4.36. The van der Waals surface area contributed by atoms with Crippen molar-refractivity contribution in [1.82, 2.24) is 4.98 Å². The molecule has 1 aromatic heterocycles. The zero-order valence-corrected chi connectivity index (χ0v) is 11.6. The van der Waals surface area contributed by atoms with Crippen LogP contribution in [0.25, 0.3) is 0 Å². The quantitative estimate of drug-likeness (QED) is 0.786. The summed E-state index contributed by atoms with van der Waals surface area (Å²) in [6, 6.07) is 0. The van der Waals surface area contributed by atoms with Gasteiger partial charge in [0.1, 0.15) is 0 Å². The molecule has 4 heteroatoms. The fraction of sp³-hybridized carbons (Fsp3) is 0.700. The first-order valence-electron chi connectivity index (χ1n) is 4.62. The molecule has 0 atom stereocenters. The van der Waals surface area contributed by atoms with Crippen molar-refractivity contribution < 1.29 is 0 Å². The molecule has 0 N–H and O–H groups in total. The lowest BCUT2D eigenvalue weighted by atomic mass is 9.92. The third-order valence-corrected chi connectivity index (χ3v) is 4.62. The summed E-state index contributed by atoms with van der Waals surface area (Å²) in [4.78, 5) is 7.77. The first-order chi connectivity index (χ1) is 6.44. The van der Waals surface area contributed by atoms with E-state index in [1.807, 2.05) is 20.3 Å². The minimum absolute atomic E-state index is 0.316. The van der Waals surface area contributed by atoms with Crippen molar-refractivity contribution in [3.05, 3.63) is 11.1 Å². The van der Waals surface area contributed by atoms with Gasteiger partial charge in [-0.1, -0.05) is 29.8 Å². The molecule has 2 nitrogen and oxygen atoms in total. The Morgan fingerprint density at radius 1 is 1.50 bits per heavy atom. The van der Waals surface area contributed by atoms with Gasteiger partial charge in [-0.3, -0.25) is 0 Å². The van der Waals surface area contributed by atoms with Crippen LogP contribution in [0.3, 0.4) is 0 Å². The molecule has 0 spiro atoms. The van der Waals surface area contributed by atoms with Crippen LogP contribution in [0.5, 0.6) is 0 Å². The van der Waals surface area contributed by atoms with Gasteiger partial charge in [0, 0.05) is 30.5 Å². The molecule has 0 aliphatic rings. The Hall–Kier alpha value is -0.0900. The lowest BCUT2D eigenvalue weighted by Gasteiger charge is -2.19. The number of alkyl halides is 1. The normalized spacial score (nSPS) is 11.8. The topological polar surface area (TPSA) is 16.1 Å². The Labute approximate surface area is 98.5 Å². The summed E-state index contributed by atoms with van der Waals surface area (Å²) in [5.74, 6) is 0. The van der Waals surface area contributed by atoms with Crippen LogP contribution in [0.4, 0.5) is 5.13 Å². The van der Waals surface area contributed by atoms with E-state index in [1.165, 1.54) is 4.88 Å². The fourth-order valence-electron chi connectivity index (χ4n) is 1.10. The number of thiazole rings is 1. The second-order valence-electron chi connectivity index (χ2n) is 4.48. The van der Waals surface area contributed by atoms with Crippen LogP contribution in [-0.2, 0) is 6.42 Å². The highest BCUT2D eigenvalue weighted by Crippen LogP contribution is 2.29. The Kier molecular flexibility index (Phi) is 3.95. The summed E-state index contributed by atoms with van der Waals surface area (Å²) in [5, 5.41) is 2.11. The van der Waals surface area contributed by atoms with Crippen molar-refractivity contribution in [2.75, 3.05) is 24.3 Å². The van der Waals surface area contributed by atoms with Gasteiger partial charge in [-0.25, -0.2) is 4.98 Å². The second kappa shape index (κ2) is 4.62. The van der Waals surface area contributed by atoms with E-state index in [2.05, 4.69) is 39.7 Å². The molecule has 1 aromatic rings. The maximum atomic E-state index is 4.36. The van der Waals surface area contributed by atoms with E-state index < -0.39 is 0 Å². The average Bonchev–Trinajstić information content (AvgIpc) is 2.52. The Morgan fingerprint density at radius 3 is 2.57 bits per heavy atom. The van der Waals surface area contributed by atoms with E-state index in [1.54, 1.807) is 11.3 Å². The van der Waals surface area contributed by atoms with Crippen molar-refractivity contribution in [3.8, 4) is 0 Å². The molecule has 0 bridgehead atoms. The van der Waals surface area contributed by atoms with E-state index in [4.69, 9.17) is 0 Å². The molecule has 80 valence electrons. The molecule has 14 heavy (non-hydrogen) atoms. The highest BCUT2D eigenvalue weighted by Gasteiger charge is 2.18. The standard InChI is InChI=1S/C10H17BrN2S/c1-10(2,7-11)5-8-6-12-9(14-8)13(3)4/h6H,5,7H2,1-4H3. The molecule has 0 unspecified atom stereocenters. The number of hydrogen-bond donors (Lipinski definition) is 0. The molecule has 0 aliphatic carbocycles. The molecule has 1 heterocycles. The number of hydrogen-bond acceptors (Lipinski definition) is 3. The maximum Gasteiger partial charge on any atom is 0.184 e. The lowest BCUT2D eigenvalue weighted by molar-refractivity contribution is 0.428. The number of halogens is 1. The monoisotopic (exact) mass is 276 g/mol. The fourth-order valence-corrected chi connectivity index (χ4v) is 2.39. The highest BCUT2D eigenvalue weighted by atomic mass is 79.9. The third kappa shape index (κ3) is 3.24. The first kappa shape index (κ1) is 12.0. The van der Waals surface area contributed by atoms with Gasteiger partial charge < -0.3 is 4.90 Å². The Bertz CT molecular complexity index is 294. The molecule has 0 aromatic carbocycles. The molecule has 0 saturated heterocycles. The smallest absolute Gasteiger partial charge is 0.184 e. The summed E-state index contributed by atoms with van der Waals surface area (Å²) in [7, 11) is 4.05. The van der Waals surface area contributed by atoms with Crippen LogP contribution in [-0.4, -0.2) is 24.4 Å². The minimum atomic E-state index is 0.316. The second-order valence-corrected chi connectivity index (χ2v) is 6.13. The summed E-state index contributed by atoms with van der Waals surface area (Å²) in [6.07, 6.45) is 3.08. The van der Waals surface area contributed by atoms with E-state index in [9.17, 15) is 0 Å². The predicted molar refractivity (Wildman–Crippen MR) is 67.7 cm³/mol. The minimum Gasteiger partial charge on any atom is -0.354 e. The molecule has 0 amide bonds. The van der Waals surface area contributed by atoms with Crippen molar-refractivity contribution in [3.63, 3.8) is 0 Å². The zero-order chi connectivity index (χ0) is 10.8. The van der Waals surface area contributed by atoms with E-state index in [-0.39, 0.29) is 0 Å². The van der Waals surface area contributed by atoms with Crippen molar-refractivity contribution in [2.24, 2.45) is 5.41 Å². The SMILES string of the molecule is CN(C)c1ncc(CC(C)(C)CBr)s1. The van der Waals surface area contributed by atoms with Crippen molar-refractivity contribution in [2.45, 2.75) is 20.3 Å². The van der Waals surface area contributed by atoms with Gasteiger partial charge in [0.25, 0.3) is 0 Å². The molecule has 0 aliphatic heterocycles. The molecule has 0 radical (unpaired) electrons. The van der Waals surface area contributed by atoms with Crippen molar-refractivity contribution >= 4 is 32.4 Å². The van der Waals surface area contributed by atoms with Crippen molar-refractivity contribution in [1.29, 1.82) is 0 Å². The van der Waals surface area contributed by atoms with E-state index >= 15 is 0 Å². The number of aromatic nitrogens is 1. The lowest BCUT2D eigenvalue weighted by Crippen LogP contribution is -2.15. The van der Waals surface area contributed by atoms with Crippen LogP contribution in [0.1, 0.15) is 18.7 Å². The largest absolute Gasteiger partial charge is 0.354 e. The number of nitrogens with zero attached hydrogens (tertiary/aromatic N) is 2. The molecule has 0 saturated carbocycles. The molecule has 1 rings (SSSR count). The molecule has 0 fully saturated rings. The summed E-state index contributed by atoms with van der Waals surface area (Å²) < 4.78 is 0.